The van der Waals surface area contributed by atoms with E-state index in [1.165, 1.54) is 31.3 Å². The van der Waals surface area contributed by atoms with Gasteiger partial charge in [0, 0.05) is 13.1 Å². The number of nitrogens with one attached hydrogen (secondary N) is 1. The molecular formula is C23H26FN3O6. The summed E-state index contributed by atoms with van der Waals surface area (Å²) >= 11 is 0. The zero-order valence-electron chi connectivity index (χ0n) is 19.2. The summed E-state index contributed by atoms with van der Waals surface area (Å²) in [6.07, 6.45) is -0.820. The van der Waals surface area contributed by atoms with Gasteiger partial charge in [-0.05, 0) is 51.1 Å². The normalized spacial score (nSPS) is 10.9. The molecule has 0 aliphatic carbocycles. The lowest BCUT2D eigenvalue weighted by molar-refractivity contribution is 0.0587. The third-order valence-electron chi connectivity index (χ3n) is 4.37. The molecule has 1 amide bonds. The number of H-pyrrole nitrogens is 1. The van der Waals surface area contributed by atoms with Gasteiger partial charge < -0.3 is 14.8 Å². The van der Waals surface area contributed by atoms with Crippen molar-refractivity contribution in [3.8, 4) is 5.69 Å². The van der Waals surface area contributed by atoms with Crippen LogP contribution in [-0.4, -0.2) is 39.4 Å². The van der Waals surface area contributed by atoms with E-state index in [-0.39, 0.29) is 27.8 Å². The first-order valence-corrected chi connectivity index (χ1v) is 10.2. The smallest absolute Gasteiger partial charge is 0.414 e. The fraction of sp³-hybridized carbons (Fsp3) is 0.304. The second kappa shape index (κ2) is 9.68. The molecule has 0 atom stereocenters. The van der Waals surface area contributed by atoms with Gasteiger partial charge in [0.25, 0.3) is 5.56 Å². The van der Waals surface area contributed by atoms with Gasteiger partial charge in [0.1, 0.15) is 11.4 Å². The van der Waals surface area contributed by atoms with Gasteiger partial charge in [-0.2, -0.15) is 0 Å². The number of hydrogen-bond donors (Lipinski definition) is 2. The lowest BCUT2D eigenvalue weighted by Gasteiger charge is -2.25. The number of amides is 1. The Hall–Kier alpha value is -3.95. The van der Waals surface area contributed by atoms with Crippen LogP contribution in [0.2, 0.25) is 0 Å². The molecule has 1 heterocycles. The zero-order chi connectivity index (χ0) is 25.1. The number of rotatable bonds is 3. The summed E-state index contributed by atoms with van der Waals surface area (Å²) in [5, 5.41) is 8.96. The molecule has 3 aromatic rings. The Morgan fingerprint density at radius 3 is 2.18 bits per heavy atom. The molecule has 0 fully saturated rings. The Balaban J connectivity index is 0.00000187. The Labute approximate surface area is 189 Å². The molecule has 0 aliphatic heterocycles. The van der Waals surface area contributed by atoms with Gasteiger partial charge in [0.15, 0.2) is 0 Å². The maximum absolute atomic E-state index is 14.6. The van der Waals surface area contributed by atoms with Gasteiger partial charge in [-0.3, -0.25) is 9.69 Å². The summed E-state index contributed by atoms with van der Waals surface area (Å²) < 4.78 is 20.7. The Morgan fingerprint density at radius 2 is 1.67 bits per heavy atom. The zero-order valence-corrected chi connectivity index (χ0v) is 19.2. The van der Waals surface area contributed by atoms with Crippen LogP contribution >= 0.6 is 0 Å². The summed E-state index contributed by atoms with van der Waals surface area (Å²) in [5.41, 5.74) is -2.54. The maximum Gasteiger partial charge on any atom is 0.414 e. The summed E-state index contributed by atoms with van der Waals surface area (Å²) in [7, 11) is 1.30. The lowest BCUT2D eigenvalue weighted by atomic mass is 10.2. The number of carbonyl (C=O) groups excluding carboxylic acids is 1. The second-order valence-corrected chi connectivity index (χ2v) is 7.81. The first kappa shape index (κ1) is 25.3. The number of benzene rings is 2. The van der Waals surface area contributed by atoms with E-state index in [9.17, 15) is 23.6 Å². The Bertz CT molecular complexity index is 1300. The molecule has 0 unspecified atom stereocenters. The fourth-order valence-electron chi connectivity index (χ4n) is 2.90. The SMILES string of the molecule is CC.CN(C(=O)OC(C)(C)C)c1cc2c(=O)n(-c3ccc(C(=O)O)cc3)c(=O)[nH]c2cc1F. The van der Waals surface area contributed by atoms with Gasteiger partial charge in [-0.15, -0.1) is 0 Å². The minimum Gasteiger partial charge on any atom is -0.478 e. The van der Waals surface area contributed by atoms with E-state index in [0.717, 1.165) is 21.6 Å². The number of aromatic amines is 1. The molecule has 2 N–H and O–H groups in total. The van der Waals surface area contributed by atoms with Crippen LogP contribution in [0, 0.1) is 5.82 Å². The Morgan fingerprint density at radius 1 is 1.09 bits per heavy atom. The van der Waals surface area contributed by atoms with Crippen molar-refractivity contribution in [1.82, 2.24) is 9.55 Å². The lowest BCUT2D eigenvalue weighted by Crippen LogP contribution is -2.35. The molecule has 1 aromatic heterocycles. The standard InChI is InChI=1S/C21H20FN3O6.C2H6/c1-21(2,3)31-20(30)24(4)16-9-13-15(10-14(16)22)23-19(29)25(17(13)26)12-7-5-11(6-8-12)18(27)28;1-2/h5-10H,1-4H3,(H,23,29)(H,27,28);1-2H3. The van der Waals surface area contributed by atoms with E-state index < -0.39 is 34.7 Å². The summed E-state index contributed by atoms with van der Waals surface area (Å²) in [6.45, 7) is 8.98. The monoisotopic (exact) mass is 459 g/mol. The fourth-order valence-corrected chi connectivity index (χ4v) is 2.90. The highest BCUT2D eigenvalue weighted by molar-refractivity contribution is 5.91. The highest BCUT2D eigenvalue weighted by Gasteiger charge is 2.24. The first-order chi connectivity index (χ1) is 15.4. The van der Waals surface area contributed by atoms with E-state index in [1.54, 1.807) is 20.8 Å². The molecule has 0 radical (unpaired) electrons. The number of hydrogen-bond acceptors (Lipinski definition) is 5. The molecule has 0 aliphatic rings. The van der Waals surface area contributed by atoms with Crippen molar-refractivity contribution in [2.75, 3.05) is 11.9 Å². The number of halogens is 1. The van der Waals surface area contributed by atoms with Crippen molar-refractivity contribution in [3.63, 3.8) is 0 Å². The number of carboxylic acids is 1. The molecule has 176 valence electrons. The molecule has 0 saturated carbocycles. The number of carboxylic acid groups (broad SMARTS) is 1. The predicted octanol–water partition coefficient (Wildman–Crippen LogP) is 3.91. The van der Waals surface area contributed by atoms with Crippen LogP contribution in [0.25, 0.3) is 16.6 Å². The van der Waals surface area contributed by atoms with E-state index in [0.29, 0.717) is 0 Å². The van der Waals surface area contributed by atoms with Crippen LogP contribution in [0.4, 0.5) is 14.9 Å². The molecule has 2 aromatic carbocycles. The van der Waals surface area contributed by atoms with Crippen molar-refractivity contribution in [3.05, 3.63) is 68.6 Å². The summed E-state index contributed by atoms with van der Waals surface area (Å²) in [5.74, 6) is -1.99. The van der Waals surface area contributed by atoms with Gasteiger partial charge in [0.05, 0.1) is 27.8 Å². The largest absolute Gasteiger partial charge is 0.478 e. The van der Waals surface area contributed by atoms with Gasteiger partial charge >= 0.3 is 17.8 Å². The average Bonchev–Trinajstić information content (AvgIpc) is 2.73. The van der Waals surface area contributed by atoms with E-state index in [1.807, 2.05) is 13.8 Å². The van der Waals surface area contributed by atoms with Crippen LogP contribution < -0.4 is 16.1 Å². The minimum atomic E-state index is -1.16. The molecular weight excluding hydrogens is 433 g/mol. The third-order valence-corrected chi connectivity index (χ3v) is 4.37. The third kappa shape index (κ3) is 5.46. The van der Waals surface area contributed by atoms with E-state index in [4.69, 9.17) is 9.84 Å². The highest BCUT2D eigenvalue weighted by Crippen LogP contribution is 2.24. The first-order valence-electron chi connectivity index (χ1n) is 10.2. The number of carbonyl (C=O) groups is 2. The number of ether oxygens (including phenoxy) is 1. The summed E-state index contributed by atoms with van der Waals surface area (Å²) in [4.78, 5) is 52.2. The van der Waals surface area contributed by atoms with Crippen molar-refractivity contribution in [2.45, 2.75) is 40.2 Å². The van der Waals surface area contributed by atoms with Crippen LogP contribution in [-0.2, 0) is 4.74 Å². The van der Waals surface area contributed by atoms with Crippen molar-refractivity contribution < 1.29 is 23.8 Å². The van der Waals surface area contributed by atoms with Gasteiger partial charge in [0.2, 0.25) is 0 Å². The predicted molar refractivity (Wildman–Crippen MR) is 123 cm³/mol. The highest BCUT2D eigenvalue weighted by atomic mass is 19.1. The number of fused-ring (bicyclic) bond motifs is 1. The minimum absolute atomic E-state index is 0.0163. The number of aromatic nitrogens is 2. The number of nitrogens with zero attached hydrogens (tertiary/aromatic N) is 2. The molecule has 3 rings (SSSR count). The van der Waals surface area contributed by atoms with Gasteiger partial charge in [-0.1, -0.05) is 13.8 Å². The molecule has 0 spiro atoms. The van der Waals surface area contributed by atoms with Crippen molar-refractivity contribution in [2.24, 2.45) is 0 Å². The quantitative estimate of drug-likeness (QED) is 0.612. The van der Waals surface area contributed by atoms with E-state index >= 15 is 0 Å². The molecule has 0 saturated heterocycles. The molecule has 33 heavy (non-hydrogen) atoms. The van der Waals surface area contributed by atoms with Gasteiger partial charge in [-0.25, -0.2) is 23.3 Å². The van der Waals surface area contributed by atoms with Crippen LogP contribution in [0.3, 0.4) is 0 Å². The second-order valence-electron chi connectivity index (χ2n) is 7.81. The topological polar surface area (TPSA) is 122 Å². The van der Waals surface area contributed by atoms with Crippen LogP contribution in [0.5, 0.6) is 0 Å². The maximum atomic E-state index is 14.6. The molecule has 9 nitrogen and oxygen atoms in total. The number of aromatic carboxylic acids is 1. The summed E-state index contributed by atoms with van der Waals surface area (Å²) in [6, 6.07) is 7.22. The van der Waals surface area contributed by atoms with E-state index in [2.05, 4.69) is 4.98 Å². The van der Waals surface area contributed by atoms with Crippen molar-refractivity contribution in [1.29, 1.82) is 0 Å². The van der Waals surface area contributed by atoms with Crippen LogP contribution in [0.15, 0.2) is 46.0 Å². The molecule has 10 heteroatoms. The number of anilines is 1. The Kier molecular flexibility index (Phi) is 7.42. The van der Waals surface area contributed by atoms with Crippen molar-refractivity contribution >= 4 is 28.7 Å². The molecule has 0 bridgehead atoms. The van der Waals surface area contributed by atoms with Crippen LogP contribution in [0.1, 0.15) is 45.0 Å². The average molecular weight is 459 g/mol.